The van der Waals surface area contributed by atoms with E-state index >= 15 is 0 Å². The lowest BCUT2D eigenvalue weighted by Crippen LogP contribution is -2.28. The van der Waals surface area contributed by atoms with Gasteiger partial charge in [-0.2, -0.15) is 13.2 Å². The Bertz CT molecular complexity index is 527. The molecule has 0 heterocycles. The first-order valence-corrected chi connectivity index (χ1v) is 7.29. The number of carbonyl (C=O) groups is 1. The minimum Gasteiger partial charge on any atom is -0.383 e. The molecule has 1 aromatic carbocycles. The van der Waals surface area contributed by atoms with Crippen LogP contribution in [0.15, 0.2) is 18.2 Å². The fraction of sp³-hybridized carbons (Fsp3) is 0.533. The summed E-state index contributed by atoms with van der Waals surface area (Å²) in [6, 6.07) is 3.20. The molecule has 1 rings (SSSR count). The zero-order valence-electron chi connectivity index (χ0n) is 14.0. The second-order valence-electron chi connectivity index (χ2n) is 5.03. The van der Waals surface area contributed by atoms with Crippen molar-refractivity contribution in [2.75, 3.05) is 30.8 Å². The number of hydrogen-bond acceptors (Lipinski definition) is 4. The number of rotatable bonds is 8. The third-order valence-electron chi connectivity index (χ3n) is 3.20. The van der Waals surface area contributed by atoms with Crippen LogP contribution in [-0.2, 0) is 15.7 Å². The maximum Gasteiger partial charge on any atom is 0.416 e. The minimum atomic E-state index is -4.48. The van der Waals surface area contributed by atoms with E-state index in [1.807, 2.05) is 6.92 Å². The number of ether oxygens (including phenoxy) is 1. The number of nitrogens with two attached hydrogens (primary N) is 1. The van der Waals surface area contributed by atoms with Gasteiger partial charge < -0.3 is 21.1 Å². The number of amides is 1. The summed E-state index contributed by atoms with van der Waals surface area (Å²) < 4.78 is 43.5. The number of nitrogens with one attached hydrogen (secondary N) is 2. The highest BCUT2D eigenvalue weighted by Gasteiger charge is 2.31. The number of methoxy groups -OCH3 is 1. The Balaban J connectivity index is 0. The maximum absolute atomic E-state index is 12.8. The SMILES string of the molecule is CCCNc1ccc(C(F)(F)F)cc1NC(=O)CC(CN)OC.Cl.Cl. The largest absolute Gasteiger partial charge is 0.416 e. The highest BCUT2D eigenvalue weighted by Crippen LogP contribution is 2.34. The molecule has 0 saturated carbocycles. The predicted octanol–water partition coefficient (Wildman–Crippen LogP) is 3.67. The molecule has 0 aliphatic heterocycles. The molecule has 5 nitrogen and oxygen atoms in total. The molecule has 25 heavy (non-hydrogen) atoms. The topological polar surface area (TPSA) is 76.4 Å². The first-order valence-electron chi connectivity index (χ1n) is 7.29. The van der Waals surface area contributed by atoms with Gasteiger partial charge in [0, 0.05) is 20.2 Å². The van der Waals surface area contributed by atoms with E-state index in [1.165, 1.54) is 13.2 Å². The number of halogens is 5. The van der Waals surface area contributed by atoms with Crippen LogP contribution >= 0.6 is 24.8 Å². The Kier molecular flexibility index (Phi) is 12.7. The molecule has 10 heteroatoms. The van der Waals surface area contributed by atoms with Crippen molar-refractivity contribution < 1.29 is 22.7 Å². The highest BCUT2D eigenvalue weighted by atomic mass is 35.5. The molecule has 146 valence electrons. The first kappa shape index (κ1) is 26.0. The molecule has 0 spiro atoms. The summed E-state index contributed by atoms with van der Waals surface area (Å²) in [6.45, 7) is 2.66. The fourth-order valence-corrected chi connectivity index (χ4v) is 1.91. The summed E-state index contributed by atoms with van der Waals surface area (Å²) in [5.74, 6) is -0.457. The summed E-state index contributed by atoms with van der Waals surface area (Å²) in [6.07, 6.45) is -4.19. The van der Waals surface area contributed by atoms with Crippen LogP contribution in [0.4, 0.5) is 24.5 Å². The standard InChI is InChI=1S/C15H22F3N3O2.2ClH/c1-3-6-20-12-5-4-10(15(16,17)18)7-13(12)21-14(22)8-11(9-19)23-2;;/h4-5,7,11,20H,3,6,8-9,19H2,1-2H3,(H,21,22);2*1H. The van der Waals surface area contributed by atoms with Crippen molar-refractivity contribution in [2.24, 2.45) is 5.73 Å². The minimum absolute atomic E-state index is 0. The van der Waals surface area contributed by atoms with Gasteiger partial charge >= 0.3 is 6.18 Å². The monoisotopic (exact) mass is 405 g/mol. The molecule has 4 N–H and O–H groups in total. The van der Waals surface area contributed by atoms with Crippen molar-refractivity contribution in [3.05, 3.63) is 23.8 Å². The fourth-order valence-electron chi connectivity index (χ4n) is 1.91. The van der Waals surface area contributed by atoms with Crippen LogP contribution in [0.2, 0.25) is 0 Å². The number of benzene rings is 1. The van der Waals surface area contributed by atoms with Crippen molar-refractivity contribution in [3.8, 4) is 0 Å². The van der Waals surface area contributed by atoms with Gasteiger partial charge in [0.15, 0.2) is 0 Å². The molecule has 0 aliphatic rings. The summed E-state index contributed by atoms with van der Waals surface area (Å²) in [7, 11) is 1.42. The Morgan fingerprint density at radius 1 is 1.28 bits per heavy atom. The van der Waals surface area contributed by atoms with Crippen LogP contribution < -0.4 is 16.4 Å². The third-order valence-corrected chi connectivity index (χ3v) is 3.20. The van der Waals surface area contributed by atoms with Gasteiger partial charge in [0.25, 0.3) is 0 Å². The van der Waals surface area contributed by atoms with E-state index in [9.17, 15) is 18.0 Å². The van der Waals surface area contributed by atoms with Gasteiger partial charge in [0.05, 0.1) is 29.5 Å². The van der Waals surface area contributed by atoms with Crippen LogP contribution in [0, 0.1) is 0 Å². The van der Waals surface area contributed by atoms with Crippen LogP contribution in [0.3, 0.4) is 0 Å². The van der Waals surface area contributed by atoms with E-state index in [4.69, 9.17) is 10.5 Å². The van der Waals surface area contributed by atoms with E-state index in [0.29, 0.717) is 12.2 Å². The van der Waals surface area contributed by atoms with E-state index in [0.717, 1.165) is 18.6 Å². The van der Waals surface area contributed by atoms with Crippen LogP contribution in [0.25, 0.3) is 0 Å². The Morgan fingerprint density at radius 2 is 1.92 bits per heavy atom. The average molecular weight is 406 g/mol. The van der Waals surface area contributed by atoms with Crippen LogP contribution in [0.5, 0.6) is 0 Å². The number of alkyl halides is 3. The van der Waals surface area contributed by atoms with Gasteiger partial charge in [0.2, 0.25) is 5.91 Å². The quantitative estimate of drug-likeness (QED) is 0.616. The summed E-state index contributed by atoms with van der Waals surface area (Å²) in [4.78, 5) is 12.0. The van der Waals surface area contributed by atoms with Gasteiger partial charge in [-0.3, -0.25) is 4.79 Å². The molecule has 0 saturated heterocycles. The van der Waals surface area contributed by atoms with Gasteiger partial charge in [-0.15, -0.1) is 24.8 Å². The lowest BCUT2D eigenvalue weighted by molar-refractivity contribution is -0.137. The van der Waals surface area contributed by atoms with E-state index in [2.05, 4.69) is 10.6 Å². The van der Waals surface area contributed by atoms with Gasteiger partial charge in [0.1, 0.15) is 0 Å². The van der Waals surface area contributed by atoms with Crippen LogP contribution in [0.1, 0.15) is 25.3 Å². The lowest BCUT2D eigenvalue weighted by Gasteiger charge is -2.17. The molecule has 0 aromatic heterocycles. The normalized spacial score (nSPS) is 11.8. The molecule has 1 aromatic rings. The number of hydrogen-bond donors (Lipinski definition) is 3. The van der Waals surface area contributed by atoms with Crippen molar-refractivity contribution in [1.82, 2.24) is 0 Å². The summed E-state index contributed by atoms with van der Waals surface area (Å²) in [5.41, 5.74) is 5.14. The Labute approximate surface area is 157 Å². The summed E-state index contributed by atoms with van der Waals surface area (Å²) >= 11 is 0. The van der Waals surface area contributed by atoms with Gasteiger partial charge in [-0.05, 0) is 24.6 Å². The van der Waals surface area contributed by atoms with Gasteiger partial charge in [-0.1, -0.05) is 6.92 Å². The zero-order valence-corrected chi connectivity index (χ0v) is 15.6. The van der Waals surface area contributed by atoms with Crippen molar-refractivity contribution >= 4 is 42.1 Å². The molecule has 0 fully saturated rings. The van der Waals surface area contributed by atoms with Crippen LogP contribution in [-0.4, -0.2) is 32.2 Å². The Morgan fingerprint density at radius 3 is 2.40 bits per heavy atom. The number of carbonyl (C=O) groups excluding carboxylic acids is 1. The number of anilines is 2. The molecule has 1 unspecified atom stereocenters. The molecule has 1 amide bonds. The molecule has 0 radical (unpaired) electrons. The van der Waals surface area contributed by atoms with E-state index < -0.39 is 23.8 Å². The van der Waals surface area contributed by atoms with Gasteiger partial charge in [-0.25, -0.2) is 0 Å². The predicted molar refractivity (Wildman–Crippen MR) is 97.8 cm³/mol. The zero-order chi connectivity index (χ0) is 17.5. The molecule has 1 atom stereocenters. The molecular weight excluding hydrogens is 382 g/mol. The van der Waals surface area contributed by atoms with Crippen molar-refractivity contribution in [1.29, 1.82) is 0 Å². The first-order chi connectivity index (χ1) is 10.8. The average Bonchev–Trinajstić information content (AvgIpc) is 2.50. The Hall–Kier alpha value is -1.22. The smallest absolute Gasteiger partial charge is 0.383 e. The lowest BCUT2D eigenvalue weighted by atomic mass is 10.1. The van der Waals surface area contributed by atoms with E-state index in [1.54, 1.807) is 0 Å². The highest BCUT2D eigenvalue weighted by molar-refractivity contribution is 5.94. The maximum atomic E-state index is 12.8. The van der Waals surface area contributed by atoms with E-state index in [-0.39, 0.29) is 43.5 Å². The molecule has 0 aliphatic carbocycles. The van der Waals surface area contributed by atoms with Crippen molar-refractivity contribution in [2.45, 2.75) is 32.0 Å². The molecular formula is C15H24Cl2F3N3O2. The second kappa shape index (κ2) is 12.2. The third kappa shape index (κ3) is 8.62. The second-order valence-corrected chi connectivity index (χ2v) is 5.03. The molecule has 0 bridgehead atoms. The summed E-state index contributed by atoms with van der Waals surface area (Å²) in [5, 5.41) is 5.48. The van der Waals surface area contributed by atoms with Crippen molar-refractivity contribution in [3.63, 3.8) is 0 Å².